The molecule has 1 aromatic rings. The van der Waals surface area contributed by atoms with E-state index in [1.165, 1.54) is 35.6 Å². The fourth-order valence-electron chi connectivity index (χ4n) is 2.62. The summed E-state index contributed by atoms with van der Waals surface area (Å²) in [4.78, 5) is 0. The molecular formula is C15H22ClOSi. The molecule has 1 radical (unpaired) electrons. The lowest BCUT2D eigenvalue weighted by Gasteiger charge is -2.21. The van der Waals surface area contributed by atoms with Gasteiger partial charge in [-0.05, 0) is 48.0 Å². The molecule has 0 N–H and O–H groups in total. The Hall–Kier alpha value is -0.313. The van der Waals surface area contributed by atoms with Gasteiger partial charge >= 0.3 is 0 Å². The van der Waals surface area contributed by atoms with Gasteiger partial charge in [-0.3, -0.25) is 0 Å². The summed E-state index contributed by atoms with van der Waals surface area (Å²) in [5, 5.41) is 1.00. The maximum absolute atomic E-state index is 6.57. The zero-order valence-corrected chi connectivity index (χ0v) is 13.1. The van der Waals surface area contributed by atoms with Crippen LogP contribution in [0.5, 0.6) is 0 Å². The van der Waals surface area contributed by atoms with Crippen molar-refractivity contribution in [3.8, 4) is 0 Å². The third-order valence-corrected chi connectivity index (χ3v) is 6.47. The summed E-state index contributed by atoms with van der Waals surface area (Å²) in [5.41, 5.74) is 4.05. The van der Waals surface area contributed by atoms with Crippen molar-refractivity contribution in [3.63, 3.8) is 0 Å². The van der Waals surface area contributed by atoms with Crippen molar-refractivity contribution >= 4 is 20.6 Å². The number of aryl methyl sites for hydroxylation is 1. The van der Waals surface area contributed by atoms with E-state index < -0.39 is 9.04 Å². The fraction of sp³-hybridized carbons (Fsp3) is 0.600. The van der Waals surface area contributed by atoms with Crippen molar-refractivity contribution in [3.05, 3.63) is 33.8 Å². The molecule has 3 heteroatoms. The molecule has 1 nitrogen and oxygen atoms in total. The van der Waals surface area contributed by atoms with Gasteiger partial charge in [0.2, 0.25) is 9.04 Å². The lowest BCUT2D eigenvalue weighted by Crippen LogP contribution is -2.26. The zero-order valence-electron chi connectivity index (χ0n) is 11.4. The topological polar surface area (TPSA) is 9.23 Å². The van der Waals surface area contributed by atoms with Crippen molar-refractivity contribution in [1.82, 2.24) is 0 Å². The molecule has 1 aliphatic heterocycles. The summed E-state index contributed by atoms with van der Waals surface area (Å²) in [6.45, 7) is 5.34. The lowest BCUT2D eigenvalue weighted by molar-refractivity contribution is 0.286. The molecule has 1 aliphatic rings. The van der Waals surface area contributed by atoms with E-state index in [9.17, 15) is 0 Å². The highest BCUT2D eigenvalue weighted by Crippen LogP contribution is 2.28. The molecule has 0 aliphatic carbocycles. The van der Waals surface area contributed by atoms with Gasteiger partial charge in [-0.2, -0.15) is 0 Å². The smallest absolute Gasteiger partial charge is 0.215 e. The molecule has 0 amide bonds. The van der Waals surface area contributed by atoms with Gasteiger partial charge in [0.25, 0.3) is 0 Å². The van der Waals surface area contributed by atoms with Crippen LogP contribution in [0.3, 0.4) is 0 Å². The van der Waals surface area contributed by atoms with Gasteiger partial charge in [0, 0.05) is 11.6 Å². The SMILES string of the molecule is CCc1ccc(C[Si]2CCCCO2)c(Cl)c1CC. The molecular weight excluding hydrogens is 260 g/mol. The zero-order chi connectivity index (χ0) is 13.0. The van der Waals surface area contributed by atoms with Gasteiger partial charge in [0.05, 0.1) is 0 Å². The van der Waals surface area contributed by atoms with E-state index in [4.69, 9.17) is 16.0 Å². The predicted octanol–water partition coefficient (Wildman–Crippen LogP) is 4.35. The monoisotopic (exact) mass is 281 g/mol. The quantitative estimate of drug-likeness (QED) is 0.746. The highest BCUT2D eigenvalue weighted by atomic mass is 35.5. The number of halogens is 1. The Kier molecular flexibility index (Phi) is 5.28. The van der Waals surface area contributed by atoms with Crippen LogP contribution in [-0.2, 0) is 23.3 Å². The third-order valence-electron chi connectivity index (χ3n) is 3.70. The molecule has 99 valence electrons. The molecule has 0 saturated carbocycles. The molecule has 1 saturated heterocycles. The van der Waals surface area contributed by atoms with Crippen LogP contribution in [0.2, 0.25) is 11.1 Å². The Labute approximate surface area is 117 Å². The van der Waals surface area contributed by atoms with Crippen LogP contribution in [0.25, 0.3) is 0 Å². The van der Waals surface area contributed by atoms with Crippen LogP contribution in [0, 0.1) is 0 Å². The highest BCUT2D eigenvalue weighted by molar-refractivity contribution is 6.51. The molecule has 18 heavy (non-hydrogen) atoms. The van der Waals surface area contributed by atoms with Crippen molar-refractivity contribution in [1.29, 1.82) is 0 Å². The molecule has 0 spiro atoms. The number of rotatable bonds is 4. The van der Waals surface area contributed by atoms with Crippen molar-refractivity contribution in [2.45, 2.75) is 51.6 Å². The minimum atomic E-state index is -0.651. The van der Waals surface area contributed by atoms with Crippen LogP contribution >= 0.6 is 11.6 Å². The number of hydrogen-bond donors (Lipinski definition) is 0. The van der Waals surface area contributed by atoms with Crippen LogP contribution in [0.15, 0.2) is 12.1 Å². The second-order valence-corrected chi connectivity index (χ2v) is 7.50. The number of benzene rings is 1. The first kappa shape index (κ1) is 14.1. The van der Waals surface area contributed by atoms with Gasteiger partial charge in [0.1, 0.15) is 0 Å². The van der Waals surface area contributed by atoms with Gasteiger partial charge in [-0.15, -0.1) is 0 Å². The second kappa shape index (κ2) is 6.74. The summed E-state index contributed by atoms with van der Waals surface area (Å²) >= 11 is 6.57. The first-order valence-electron chi connectivity index (χ1n) is 7.02. The van der Waals surface area contributed by atoms with E-state index in [1.54, 1.807) is 0 Å². The summed E-state index contributed by atoms with van der Waals surface area (Å²) in [5.74, 6) is 0. The second-order valence-electron chi connectivity index (χ2n) is 4.90. The molecule has 0 bridgehead atoms. The first-order valence-corrected chi connectivity index (χ1v) is 9.22. The molecule has 1 aromatic carbocycles. The number of hydrogen-bond acceptors (Lipinski definition) is 1. The van der Waals surface area contributed by atoms with Crippen LogP contribution < -0.4 is 0 Å². The third kappa shape index (κ3) is 3.17. The normalized spacial score (nSPS) is 17.1. The van der Waals surface area contributed by atoms with E-state index in [1.807, 2.05) is 0 Å². The standard InChI is InChI=1S/C15H22ClOSi/c1-3-12-7-8-13(15(16)14(12)4-2)11-18-10-6-5-9-17-18/h7-8H,3-6,9-11H2,1-2H3. The average molecular weight is 282 g/mol. The Balaban J connectivity index is 2.17. The Morgan fingerprint density at radius 3 is 2.56 bits per heavy atom. The maximum atomic E-state index is 6.57. The Morgan fingerprint density at radius 1 is 1.17 bits per heavy atom. The summed E-state index contributed by atoms with van der Waals surface area (Å²) in [6.07, 6.45) is 4.66. The van der Waals surface area contributed by atoms with Gasteiger partial charge in [-0.1, -0.05) is 44.0 Å². The first-order chi connectivity index (χ1) is 8.76. The minimum absolute atomic E-state index is 0.651. The predicted molar refractivity (Wildman–Crippen MR) is 79.7 cm³/mol. The molecule has 1 fully saturated rings. The highest BCUT2D eigenvalue weighted by Gasteiger charge is 2.20. The van der Waals surface area contributed by atoms with Crippen molar-refractivity contribution in [2.75, 3.05) is 6.61 Å². The van der Waals surface area contributed by atoms with E-state index in [-0.39, 0.29) is 0 Å². The van der Waals surface area contributed by atoms with Gasteiger partial charge < -0.3 is 4.43 Å². The largest absolute Gasteiger partial charge is 0.416 e. The van der Waals surface area contributed by atoms with Gasteiger partial charge in [-0.25, -0.2) is 0 Å². The molecule has 0 aromatic heterocycles. The van der Waals surface area contributed by atoms with Crippen LogP contribution in [0.1, 0.15) is 43.4 Å². The van der Waals surface area contributed by atoms with Crippen molar-refractivity contribution < 1.29 is 4.43 Å². The van der Waals surface area contributed by atoms with E-state index in [0.717, 1.165) is 30.5 Å². The van der Waals surface area contributed by atoms with E-state index >= 15 is 0 Å². The maximum Gasteiger partial charge on any atom is 0.215 e. The molecule has 1 heterocycles. The van der Waals surface area contributed by atoms with Crippen LogP contribution in [-0.4, -0.2) is 15.6 Å². The molecule has 0 unspecified atom stereocenters. The summed E-state index contributed by atoms with van der Waals surface area (Å²) in [6, 6.07) is 6.82. The average Bonchev–Trinajstić information content (AvgIpc) is 2.42. The molecule has 0 atom stereocenters. The lowest BCUT2D eigenvalue weighted by atomic mass is 10.0. The Morgan fingerprint density at radius 2 is 1.94 bits per heavy atom. The minimum Gasteiger partial charge on any atom is -0.416 e. The summed E-state index contributed by atoms with van der Waals surface area (Å²) in [7, 11) is -0.651. The fourth-order valence-corrected chi connectivity index (χ4v) is 5.34. The van der Waals surface area contributed by atoms with Crippen molar-refractivity contribution in [2.24, 2.45) is 0 Å². The van der Waals surface area contributed by atoms with Gasteiger partial charge in [0.15, 0.2) is 0 Å². The summed E-state index contributed by atoms with van der Waals surface area (Å²) < 4.78 is 5.91. The van der Waals surface area contributed by atoms with E-state index in [0.29, 0.717) is 0 Å². The van der Waals surface area contributed by atoms with Crippen LogP contribution in [0.4, 0.5) is 0 Å². The Bertz CT molecular complexity index is 400. The molecule has 2 rings (SSSR count). The van der Waals surface area contributed by atoms with E-state index in [2.05, 4.69) is 26.0 Å².